The fourth-order valence-corrected chi connectivity index (χ4v) is 2.30. The van der Waals surface area contributed by atoms with Gasteiger partial charge >= 0.3 is 0 Å². The molecule has 0 bridgehead atoms. The van der Waals surface area contributed by atoms with Gasteiger partial charge in [-0.3, -0.25) is 15.1 Å². The van der Waals surface area contributed by atoms with Gasteiger partial charge in [-0.15, -0.1) is 11.6 Å². The van der Waals surface area contributed by atoms with Crippen molar-refractivity contribution in [2.75, 3.05) is 11.9 Å². The van der Waals surface area contributed by atoms with E-state index in [2.05, 4.69) is 4.98 Å². The normalized spacial score (nSPS) is 10.4. The molecule has 1 aromatic heterocycles. The maximum atomic E-state index is 11.2. The van der Waals surface area contributed by atoms with Gasteiger partial charge in [-0.25, -0.2) is 0 Å². The molecular formula is C15H16ClN3O2. The van der Waals surface area contributed by atoms with Gasteiger partial charge in [0.1, 0.15) is 5.69 Å². The Kier molecular flexibility index (Phi) is 4.75. The molecule has 2 rings (SSSR count). The van der Waals surface area contributed by atoms with E-state index < -0.39 is 0 Å². The van der Waals surface area contributed by atoms with Crippen LogP contribution in [0.3, 0.4) is 0 Å². The van der Waals surface area contributed by atoms with E-state index in [0.717, 1.165) is 17.0 Å². The first-order chi connectivity index (χ1) is 10.0. The zero-order valence-electron chi connectivity index (χ0n) is 11.9. The van der Waals surface area contributed by atoms with Crippen LogP contribution in [0.1, 0.15) is 17.0 Å². The number of alkyl halides is 1. The Bertz CT molecular complexity index is 661. The Labute approximate surface area is 128 Å². The summed E-state index contributed by atoms with van der Waals surface area (Å²) in [5.74, 6) is 0.254. The monoisotopic (exact) mass is 305 g/mol. The summed E-state index contributed by atoms with van der Waals surface area (Å²) in [6.07, 6.45) is 0. The molecule has 0 saturated carbocycles. The van der Waals surface area contributed by atoms with Gasteiger partial charge in [-0.2, -0.15) is 0 Å². The molecular weight excluding hydrogens is 290 g/mol. The smallest absolute Gasteiger partial charge is 0.292 e. The highest BCUT2D eigenvalue weighted by Gasteiger charge is 2.18. The maximum absolute atomic E-state index is 11.2. The number of hydrogen-bond acceptors (Lipinski definition) is 4. The summed E-state index contributed by atoms with van der Waals surface area (Å²) in [5.41, 5.74) is 3.13. The number of halogens is 1. The highest BCUT2D eigenvalue weighted by Crippen LogP contribution is 2.29. The summed E-state index contributed by atoms with van der Waals surface area (Å²) in [6, 6.07) is 10.8. The van der Waals surface area contributed by atoms with Crippen molar-refractivity contribution in [1.29, 1.82) is 0 Å². The van der Waals surface area contributed by atoms with Gasteiger partial charge in [0.2, 0.25) is 0 Å². The number of anilines is 1. The number of aromatic nitrogens is 1. The quantitative estimate of drug-likeness (QED) is 0.480. The summed E-state index contributed by atoms with van der Waals surface area (Å²) < 4.78 is 0. The summed E-state index contributed by atoms with van der Waals surface area (Å²) >= 11 is 5.74. The first-order valence-electron chi connectivity index (χ1n) is 6.48. The molecule has 5 nitrogen and oxygen atoms in total. The fourth-order valence-electron chi connectivity index (χ4n) is 2.14. The first-order valence-corrected chi connectivity index (χ1v) is 7.01. The molecule has 0 fully saturated rings. The van der Waals surface area contributed by atoms with Crippen LogP contribution in [0.15, 0.2) is 36.4 Å². The third-order valence-electron chi connectivity index (χ3n) is 3.15. The summed E-state index contributed by atoms with van der Waals surface area (Å²) in [7, 11) is 1.81. The van der Waals surface area contributed by atoms with Gasteiger partial charge in [-0.05, 0) is 30.7 Å². The Balaban J connectivity index is 2.30. The zero-order valence-corrected chi connectivity index (χ0v) is 12.7. The van der Waals surface area contributed by atoms with Crippen LogP contribution in [0.2, 0.25) is 0 Å². The first kappa shape index (κ1) is 15.3. The topological polar surface area (TPSA) is 59.3 Å². The Morgan fingerprint density at radius 2 is 2.10 bits per heavy atom. The van der Waals surface area contributed by atoms with Crippen LogP contribution in [-0.4, -0.2) is 17.0 Å². The van der Waals surface area contributed by atoms with Crippen LogP contribution in [-0.2, 0) is 12.4 Å². The van der Waals surface area contributed by atoms with Gasteiger partial charge in [-0.1, -0.05) is 12.1 Å². The van der Waals surface area contributed by atoms with Crippen LogP contribution in [0.5, 0.6) is 0 Å². The Morgan fingerprint density at radius 1 is 1.33 bits per heavy atom. The van der Waals surface area contributed by atoms with Crippen LogP contribution < -0.4 is 4.90 Å². The number of pyridine rings is 1. The van der Waals surface area contributed by atoms with Crippen LogP contribution >= 0.6 is 11.6 Å². The minimum atomic E-state index is -0.383. The average molecular weight is 306 g/mol. The van der Waals surface area contributed by atoms with E-state index in [1.54, 1.807) is 12.1 Å². The molecule has 2 aromatic rings. The maximum Gasteiger partial charge on any atom is 0.292 e. The molecule has 0 unspecified atom stereocenters. The molecule has 1 heterocycles. The highest BCUT2D eigenvalue weighted by molar-refractivity contribution is 6.17. The lowest BCUT2D eigenvalue weighted by Gasteiger charge is -2.19. The van der Waals surface area contributed by atoms with E-state index in [1.165, 1.54) is 6.07 Å². The lowest BCUT2D eigenvalue weighted by molar-refractivity contribution is -0.384. The predicted octanol–water partition coefficient (Wildman–Crippen LogP) is 3.67. The Morgan fingerprint density at radius 3 is 2.71 bits per heavy atom. The number of nitro benzene ring substituents is 1. The van der Waals surface area contributed by atoms with Crippen molar-refractivity contribution in [3.05, 3.63) is 63.5 Å². The van der Waals surface area contributed by atoms with Crippen molar-refractivity contribution < 1.29 is 4.92 Å². The molecule has 0 amide bonds. The number of aryl methyl sites for hydroxylation is 1. The number of nitrogens with zero attached hydrogens (tertiary/aromatic N) is 3. The molecule has 110 valence electrons. The molecule has 0 radical (unpaired) electrons. The van der Waals surface area contributed by atoms with Crippen molar-refractivity contribution in [2.45, 2.75) is 19.3 Å². The number of rotatable bonds is 5. The average Bonchev–Trinajstić information content (AvgIpc) is 2.46. The van der Waals surface area contributed by atoms with Crippen LogP contribution in [0.25, 0.3) is 0 Å². The van der Waals surface area contributed by atoms with E-state index in [-0.39, 0.29) is 16.5 Å². The van der Waals surface area contributed by atoms with Crippen LogP contribution in [0.4, 0.5) is 11.4 Å². The molecule has 6 heteroatoms. The molecule has 0 N–H and O–H groups in total. The fraction of sp³-hybridized carbons (Fsp3) is 0.267. The van der Waals surface area contributed by atoms with Crippen molar-refractivity contribution in [1.82, 2.24) is 4.98 Å². The third kappa shape index (κ3) is 3.70. The summed E-state index contributed by atoms with van der Waals surface area (Å²) in [6.45, 7) is 2.42. The SMILES string of the molecule is Cc1cccc(CN(C)c2ccc(CCl)cc2[N+](=O)[O-])n1. The predicted molar refractivity (Wildman–Crippen MR) is 83.7 cm³/mol. The second-order valence-corrected chi connectivity index (χ2v) is 5.11. The second kappa shape index (κ2) is 6.54. The van der Waals surface area contributed by atoms with Crippen molar-refractivity contribution in [3.63, 3.8) is 0 Å². The van der Waals surface area contributed by atoms with E-state index in [9.17, 15) is 10.1 Å². The largest absolute Gasteiger partial charge is 0.363 e. The Hall–Kier alpha value is -2.14. The number of benzene rings is 1. The van der Waals surface area contributed by atoms with E-state index in [0.29, 0.717) is 12.2 Å². The molecule has 0 aliphatic heterocycles. The molecule has 0 spiro atoms. The number of nitro groups is 1. The molecule has 0 saturated heterocycles. The van der Waals surface area contributed by atoms with Gasteiger partial charge < -0.3 is 4.90 Å². The van der Waals surface area contributed by atoms with Crippen molar-refractivity contribution >= 4 is 23.0 Å². The molecule has 0 aliphatic rings. The second-order valence-electron chi connectivity index (χ2n) is 4.84. The van der Waals surface area contributed by atoms with E-state index in [1.807, 2.05) is 37.1 Å². The molecule has 0 atom stereocenters. The third-order valence-corrected chi connectivity index (χ3v) is 3.46. The highest BCUT2D eigenvalue weighted by atomic mass is 35.5. The van der Waals surface area contributed by atoms with Gasteiger partial charge in [0.25, 0.3) is 5.69 Å². The number of hydrogen-bond donors (Lipinski definition) is 0. The van der Waals surface area contributed by atoms with Gasteiger partial charge in [0.15, 0.2) is 0 Å². The minimum absolute atomic E-state index is 0.0586. The summed E-state index contributed by atoms with van der Waals surface area (Å²) in [4.78, 5) is 17.1. The van der Waals surface area contributed by atoms with E-state index in [4.69, 9.17) is 11.6 Å². The van der Waals surface area contributed by atoms with Crippen molar-refractivity contribution in [3.8, 4) is 0 Å². The molecule has 1 aromatic carbocycles. The van der Waals surface area contributed by atoms with Crippen molar-refractivity contribution in [2.24, 2.45) is 0 Å². The lowest BCUT2D eigenvalue weighted by Crippen LogP contribution is -2.18. The zero-order chi connectivity index (χ0) is 15.4. The lowest BCUT2D eigenvalue weighted by atomic mass is 10.1. The molecule has 0 aliphatic carbocycles. The van der Waals surface area contributed by atoms with Gasteiger partial charge in [0.05, 0.1) is 17.2 Å². The van der Waals surface area contributed by atoms with Crippen LogP contribution in [0, 0.1) is 17.0 Å². The summed E-state index contributed by atoms with van der Waals surface area (Å²) in [5, 5.41) is 11.2. The van der Waals surface area contributed by atoms with Gasteiger partial charge in [0, 0.05) is 24.7 Å². The standard InChI is InChI=1S/C15H16ClN3O2/c1-11-4-3-5-13(17-11)10-18(2)14-7-6-12(9-16)8-15(14)19(20)21/h3-8H,9-10H2,1-2H3. The minimum Gasteiger partial charge on any atom is -0.363 e. The van der Waals surface area contributed by atoms with E-state index >= 15 is 0 Å². The molecule has 21 heavy (non-hydrogen) atoms.